The summed E-state index contributed by atoms with van der Waals surface area (Å²) < 4.78 is 10.6. The first-order chi connectivity index (χ1) is 13.8. The van der Waals surface area contributed by atoms with Gasteiger partial charge in [0.25, 0.3) is 0 Å². The highest BCUT2D eigenvalue weighted by Crippen LogP contribution is 2.26. The minimum atomic E-state index is -0.569. The predicted octanol–water partition coefficient (Wildman–Crippen LogP) is 4.13. The molecule has 1 saturated heterocycles. The number of ether oxygens (including phenoxy) is 2. The van der Waals surface area contributed by atoms with Crippen LogP contribution < -0.4 is 4.74 Å². The zero-order chi connectivity index (χ0) is 21.0. The molecule has 1 aliphatic heterocycles. The van der Waals surface area contributed by atoms with Crippen LogP contribution >= 0.6 is 0 Å². The van der Waals surface area contributed by atoms with Gasteiger partial charge in [0.1, 0.15) is 5.75 Å². The first-order valence-electron chi connectivity index (χ1n) is 9.75. The quantitative estimate of drug-likeness (QED) is 0.320. The standard InChI is InChI=1S/C24H27NO4/c1-17(2)23(27)29-21-11-9-19(10-12-21)18-5-7-20(8-6-18)22(26)24(3,4)25-13-15-28-16-14-25/h5-12H,1,13-16H2,2-4H3. The Morgan fingerprint density at radius 3 is 2.00 bits per heavy atom. The average Bonchev–Trinajstić information content (AvgIpc) is 2.74. The molecular weight excluding hydrogens is 366 g/mol. The first kappa shape index (κ1) is 21.0. The van der Waals surface area contributed by atoms with Crippen LogP contribution in [0.3, 0.4) is 0 Å². The van der Waals surface area contributed by atoms with E-state index < -0.39 is 11.5 Å². The highest BCUT2D eigenvalue weighted by Gasteiger charge is 2.35. The molecule has 0 aromatic heterocycles. The summed E-state index contributed by atoms with van der Waals surface area (Å²) in [6, 6.07) is 14.9. The van der Waals surface area contributed by atoms with Gasteiger partial charge in [0, 0.05) is 24.2 Å². The smallest absolute Gasteiger partial charge is 0.338 e. The van der Waals surface area contributed by atoms with E-state index in [0.29, 0.717) is 30.1 Å². The van der Waals surface area contributed by atoms with Gasteiger partial charge in [-0.05, 0) is 44.0 Å². The van der Waals surface area contributed by atoms with Crippen molar-refractivity contribution in [3.8, 4) is 16.9 Å². The van der Waals surface area contributed by atoms with Crippen molar-refractivity contribution in [1.29, 1.82) is 0 Å². The fourth-order valence-corrected chi connectivity index (χ4v) is 3.34. The van der Waals surface area contributed by atoms with Gasteiger partial charge in [0.15, 0.2) is 5.78 Å². The predicted molar refractivity (Wildman–Crippen MR) is 113 cm³/mol. The molecule has 1 aliphatic rings. The Kier molecular flexibility index (Phi) is 6.30. The molecule has 1 fully saturated rings. The molecule has 0 radical (unpaired) electrons. The van der Waals surface area contributed by atoms with Gasteiger partial charge in [0.05, 0.1) is 18.8 Å². The Morgan fingerprint density at radius 2 is 1.48 bits per heavy atom. The number of benzene rings is 2. The van der Waals surface area contributed by atoms with Crippen molar-refractivity contribution in [3.63, 3.8) is 0 Å². The fourth-order valence-electron chi connectivity index (χ4n) is 3.34. The Morgan fingerprint density at radius 1 is 0.966 bits per heavy atom. The van der Waals surface area contributed by atoms with Crippen molar-refractivity contribution in [1.82, 2.24) is 4.90 Å². The zero-order valence-corrected chi connectivity index (χ0v) is 17.2. The van der Waals surface area contributed by atoms with Gasteiger partial charge in [0.2, 0.25) is 0 Å². The maximum atomic E-state index is 13.1. The molecule has 29 heavy (non-hydrogen) atoms. The van der Waals surface area contributed by atoms with E-state index in [-0.39, 0.29) is 5.78 Å². The number of esters is 1. The third-order valence-corrected chi connectivity index (χ3v) is 5.25. The summed E-state index contributed by atoms with van der Waals surface area (Å²) in [6.07, 6.45) is 0. The molecule has 5 heteroatoms. The van der Waals surface area contributed by atoms with Crippen molar-refractivity contribution in [2.24, 2.45) is 0 Å². The number of carbonyl (C=O) groups excluding carboxylic acids is 2. The highest BCUT2D eigenvalue weighted by molar-refractivity contribution is 6.03. The molecule has 5 nitrogen and oxygen atoms in total. The summed E-state index contributed by atoms with van der Waals surface area (Å²) in [4.78, 5) is 26.9. The lowest BCUT2D eigenvalue weighted by atomic mass is 9.90. The number of morpholine rings is 1. The number of hydrogen-bond acceptors (Lipinski definition) is 5. The lowest BCUT2D eigenvalue weighted by molar-refractivity contribution is -0.130. The third kappa shape index (κ3) is 4.81. The van der Waals surface area contributed by atoms with E-state index in [1.165, 1.54) is 0 Å². The van der Waals surface area contributed by atoms with E-state index in [1.807, 2.05) is 50.2 Å². The Balaban J connectivity index is 1.72. The van der Waals surface area contributed by atoms with Gasteiger partial charge in [-0.25, -0.2) is 4.79 Å². The summed E-state index contributed by atoms with van der Waals surface area (Å²) in [6.45, 7) is 12.0. The van der Waals surface area contributed by atoms with Crippen molar-refractivity contribution < 1.29 is 19.1 Å². The third-order valence-electron chi connectivity index (χ3n) is 5.25. The van der Waals surface area contributed by atoms with Gasteiger partial charge in [-0.15, -0.1) is 0 Å². The lowest BCUT2D eigenvalue weighted by Crippen LogP contribution is -2.54. The fraction of sp³-hybridized carbons (Fsp3) is 0.333. The second-order valence-corrected chi connectivity index (χ2v) is 7.76. The molecule has 2 aromatic rings. The van der Waals surface area contributed by atoms with E-state index in [2.05, 4.69) is 11.5 Å². The number of Topliss-reactive ketones (excluding diaryl/α,β-unsaturated/α-hetero) is 1. The summed E-state index contributed by atoms with van der Waals surface area (Å²) in [5.74, 6) is 0.136. The molecule has 2 aromatic carbocycles. The van der Waals surface area contributed by atoms with Crippen LogP contribution in [-0.2, 0) is 9.53 Å². The normalized spacial score (nSPS) is 15.0. The van der Waals surface area contributed by atoms with Crippen LogP contribution in [0.4, 0.5) is 0 Å². The second kappa shape index (κ2) is 8.72. The Hall–Kier alpha value is -2.76. The monoisotopic (exact) mass is 393 g/mol. The average molecular weight is 393 g/mol. The minimum Gasteiger partial charge on any atom is -0.423 e. The van der Waals surface area contributed by atoms with E-state index in [4.69, 9.17) is 9.47 Å². The summed E-state index contributed by atoms with van der Waals surface area (Å²) in [5, 5.41) is 0. The highest BCUT2D eigenvalue weighted by atomic mass is 16.5. The molecule has 3 rings (SSSR count). The largest absolute Gasteiger partial charge is 0.423 e. The first-order valence-corrected chi connectivity index (χ1v) is 9.75. The van der Waals surface area contributed by atoms with Crippen molar-refractivity contribution >= 4 is 11.8 Å². The maximum absolute atomic E-state index is 13.1. The maximum Gasteiger partial charge on any atom is 0.338 e. The summed E-state index contributed by atoms with van der Waals surface area (Å²) in [7, 11) is 0. The number of ketones is 1. The van der Waals surface area contributed by atoms with Crippen LogP contribution in [0, 0.1) is 0 Å². The molecule has 0 atom stereocenters. The molecule has 0 unspecified atom stereocenters. The molecule has 0 spiro atoms. The molecule has 0 amide bonds. The van der Waals surface area contributed by atoms with Crippen molar-refractivity contribution in [2.75, 3.05) is 26.3 Å². The van der Waals surface area contributed by atoms with Crippen LogP contribution in [0.1, 0.15) is 31.1 Å². The number of carbonyl (C=O) groups is 2. The van der Waals surface area contributed by atoms with Crippen molar-refractivity contribution in [3.05, 3.63) is 66.2 Å². The number of nitrogens with zero attached hydrogens (tertiary/aromatic N) is 1. The Bertz CT molecular complexity index is 891. The molecule has 0 saturated carbocycles. The lowest BCUT2D eigenvalue weighted by Gasteiger charge is -2.39. The van der Waals surface area contributed by atoms with E-state index in [0.717, 1.165) is 24.2 Å². The SMILES string of the molecule is C=C(C)C(=O)Oc1ccc(-c2ccc(C(=O)C(C)(C)N3CCOCC3)cc2)cc1. The van der Waals surface area contributed by atoms with Crippen LogP contribution in [0.25, 0.3) is 11.1 Å². The Labute approximate surface area is 171 Å². The molecule has 0 N–H and O–H groups in total. The van der Waals surface area contributed by atoms with Crippen molar-refractivity contribution in [2.45, 2.75) is 26.3 Å². The molecule has 0 aliphatic carbocycles. The van der Waals surface area contributed by atoms with Gasteiger partial charge in [-0.3, -0.25) is 9.69 Å². The molecule has 1 heterocycles. The van der Waals surface area contributed by atoms with E-state index in [9.17, 15) is 9.59 Å². The second-order valence-electron chi connectivity index (χ2n) is 7.76. The van der Waals surface area contributed by atoms with E-state index in [1.54, 1.807) is 19.1 Å². The minimum absolute atomic E-state index is 0.105. The van der Waals surface area contributed by atoms with Gasteiger partial charge < -0.3 is 9.47 Å². The molecule has 0 bridgehead atoms. The molecule has 152 valence electrons. The summed E-state index contributed by atoms with van der Waals surface area (Å²) in [5.41, 5.74) is 2.45. The van der Waals surface area contributed by atoms with Crippen LogP contribution in [-0.4, -0.2) is 48.5 Å². The summed E-state index contributed by atoms with van der Waals surface area (Å²) >= 11 is 0. The van der Waals surface area contributed by atoms with Gasteiger partial charge in [-0.1, -0.05) is 43.0 Å². The van der Waals surface area contributed by atoms with Crippen LogP contribution in [0.15, 0.2) is 60.7 Å². The number of rotatable bonds is 6. The zero-order valence-electron chi connectivity index (χ0n) is 17.2. The van der Waals surface area contributed by atoms with Gasteiger partial charge >= 0.3 is 5.97 Å². The number of hydrogen-bond donors (Lipinski definition) is 0. The molecular formula is C24H27NO4. The van der Waals surface area contributed by atoms with Gasteiger partial charge in [-0.2, -0.15) is 0 Å². The van der Waals surface area contributed by atoms with Crippen LogP contribution in [0.5, 0.6) is 5.75 Å². The van der Waals surface area contributed by atoms with E-state index >= 15 is 0 Å². The van der Waals surface area contributed by atoms with Crippen LogP contribution in [0.2, 0.25) is 0 Å². The topological polar surface area (TPSA) is 55.8 Å².